The molecule has 0 spiro atoms. The SMILES string of the molecule is CCOC(=O)CSc1nnc(Cc2cc(=O)[nH]c(=O)[nH]2)n1-c1ccccc1. The minimum atomic E-state index is -0.583. The number of para-hydroxylation sites is 1. The molecule has 2 aromatic heterocycles. The molecule has 0 aliphatic carbocycles. The van der Waals surface area contributed by atoms with Crippen LogP contribution in [0.25, 0.3) is 5.69 Å². The van der Waals surface area contributed by atoms with Crippen LogP contribution in [0.4, 0.5) is 0 Å². The molecule has 0 aliphatic rings. The van der Waals surface area contributed by atoms with E-state index < -0.39 is 11.2 Å². The van der Waals surface area contributed by atoms with E-state index in [1.54, 1.807) is 11.5 Å². The molecule has 2 heterocycles. The second kappa shape index (κ2) is 8.49. The number of carbonyl (C=O) groups is 1. The standard InChI is InChI=1S/C17H17N5O4S/c1-2-26-15(24)10-27-17-21-20-13(22(17)12-6-4-3-5-7-12)8-11-9-14(23)19-16(25)18-11/h3-7,9H,2,8,10H2,1H3,(H2,18,19,23,25). The van der Waals surface area contributed by atoms with E-state index in [9.17, 15) is 14.4 Å². The zero-order valence-electron chi connectivity index (χ0n) is 14.5. The van der Waals surface area contributed by atoms with Gasteiger partial charge in [-0.15, -0.1) is 10.2 Å². The minimum Gasteiger partial charge on any atom is -0.465 e. The molecule has 2 N–H and O–H groups in total. The quantitative estimate of drug-likeness (QED) is 0.456. The molecular weight excluding hydrogens is 370 g/mol. The average Bonchev–Trinajstić information content (AvgIpc) is 3.02. The van der Waals surface area contributed by atoms with E-state index in [1.165, 1.54) is 17.8 Å². The monoisotopic (exact) mass is 387 g/mol. The summed E-state index contributed by atoms with van der Waals surface area (Å²) in [5, 5.41) is 8.84. The summed E-state index contributed by atoms with van der Waals surface area (Å²) in [6, 6.07) is 10.7. The van der Waals surface area contributed by atoms with Gasteiger partial charge in [0.25, 0.3) is 5.56 Å². The molecule has 3 aromatic rings. The van der Waals surface area contributed by atoms with Crippen LogP contribution in [0.3, 0.4) is 0 Å². The summed E-state index contributed by atoms with van der Waals surface area (Å²) in [7, 11) is 0. The fourth-order valence-electron chi connectivity index (χ4n) is 2.46. The molecule has 0 saturated heterocycles. The van der Waals surface area contributed by atoms with Crippen molar-refractivity contribution in [1.82, 2.24) is 24.7 Å². The molecule has 140 valence electrons. The van der Waals surface area contributed by atoms with Gasteiger partial charge in [-0.1, -0.05) is 30.0 Å². The maximum atomic E-state index is 11.7. The Kier molecular flexibility index (Phi) is 5.87. The van der Waals surface area contributed by atoms with Crippen molar-refractivity contribution in [2.24, 2.45) is 0 Å². The number of carbonyl (C=O) groups excluding carboxylic acids is 1. The van der Waals surface area contributed by atoms with Crippen LogP contribution in [-0.2, 0) is 16.0 Å². The third kappa shape index (κ3) is 4.73. The molecule has 0 fully saturated rings. The van der Waals surface area contributed by atoms with Crippen LogP contribution in [0.15, 0.2) is 51.1 Å². The van der Waals surface area contributed by atoms with Gasteiger partial charge in [-0.05, 0) is 19.1 Å². The predicted octanol–water partition coefficient (Wildman–Crippen LogP) is 0.890. The van der Waals surface area contributed by atoms with Gasteiger partial charge < -0.3 is 9.72 Å². The fourth-order valence-corrected chi connectivity index (χ4v) is 3.22. The van der Waals surface area contributed by atoms with Crippen molar-refractivity contribution < 1.29 is 9.53 Å². The number of rotatable bonds is 7. The molecule has 1 aromatic carbocycles. The summed E-state index contributed by atoms with van der Waals surface area (Å²) < 4.78 is 6.72. The molecule has 0 radical (unpaired) electrons. The van der Waals surface area contributed by atoms with E-state index in [0.29, 0.717) is 23.3 Å². The molecule has 0 bridgehead atoms. The van der Waals surface area contributed by atoms with E-state index in [2.05, 4.69) is 20.2 Å². The maximum absolute atomic E-state index is 11.7. The van der Waals surface area contributed by atoms with Crippen LogP contribution in [-0.4, -0.2) is 43.1 Å². The van der Waals surface area contributed by atoms with Crippen molar-refractivity contribution in [2.75, 3.05) is 12.4 Å². The zero-order valence-corrected chi connectivity index (χ0v) is 15.3. The average molecular weight is 387 g/mol. The normalized spacial score (nSPS) is 10.7. The number of hydrogen-bond acceptors (Lipinski definition) is 7. The number of esters is 1. The number of ether oxygens (including phenoxy) is 1. The number of aromatic amines is 2. The first kappa shape index (κ1) is 18.6. The molecular formula is C17H17N5O4S. The second-order valence-electron chi connectivity index (χ2n) is 5.45. The molecule has 9 nitrogen and oxygen atoms in total. The van der Waals surface area contributed by atoms with Crippen molar-refractivity contribution in [3.05, 3.63) is 68.8 Å². The molecule has 27 heavy (non-hydrogen) atoms. The van der Waals surface area contributed by atoms with E-state index in [0.717, 1.165) is 5.69 Å². The van der Waals surface area contributed by atoms with Gasteiger partial charge in [0.05, 0.1) is 12.4 Å². The Balaban J connectivity index is 1.95. The highest BCUT2D eigenvalue weighted by Crippen LogP contribution is 2.23. The largest absolute Gasteiger partial charge is 0.465 e. The van der Waals surface area contributed by atoms with Crippen molar-refractivity contribution in [2.45, 2.75) is 18.5 Å². The van der Waals surface area contributed by atoms with Crippen LogP contribution >= 0.6 is 11.8 Å². The number of H-pyrrole nitrogens is 2. The number of hydrogen-bond donors (Lipinski definition) is 2. The van der Waals surface area contributed by atoms with Gasteiger partial charge in [0.2, 0.25) is 0 Å². The number of aromatic nitrogens is 5. The maximum Gasteiger partial charge on any atom is 0.325 e. The lowest BCUT2D eigenvalue weighted by molar-refractivity contribution is -0.139. The highest BCUT2D eigenvalue weighted by Gasteiger charge is 2.17. The van der Waals surface area contributed by atoms with E-state index >= 15 is 0 Å². The summed E-state index contributed by atoms with van der Waals surface area (Å²) in [5.41, 5.74) is 0.142. The fraction of sp³-hybridized carbons (Fsp3) is 0.235. The summed E-state index contributed by atoms with van der Waals surface area (Å²) in [6.45, 7) is 2.06. The number of thioether (sulfide) groups is 1. The molecule has 3 rings (SSSR count). The van der Waals surface area contributed by atoms with E-state index in [-0.39, 0.29) is 18.1 Å². The van der Waals surface area contributed by atoms with E-state index in [1.807, 2.05) is 30.3 Å². The van der Waals surface area contributed by atoms with Gasteiger partial charge in [0.15, 0.2) is 5.16 Å². The first-order valence-corrected chi connectivity index (χ1v) is 9.16. The topological polar surface area (TPSA) is 123 Å². The zero-order chi connectivity index (χ0) is 19.2. The number of nitrogens with zero attached hydrogens (tertiary/aromatic N) is 3. The van der Waals surface area contributed by atoms with Crippen LogP contribution in [0.1, 0.15) is 18.4 Å². The number of benzene rings is 1. The highest BCUT2D eigenvalue weighted by atomic mass is 32.2. The van der Waals surface area contributed by atoms with Crippen molar-refractivity contribution in [3.63, 3.8) is 0 Å². The lowest BCUT2D eigenvalue weighted by Crippen LogP contribution is -2.23. The molecule has 0 unspecified atom stereocenters. The van der Waals surface area contributed by atoms with Crippen LogP contribution in [0.2, 0.25) is 0 Å². The van der Waals surface area contributed by atoms with Gasteiger partial charge >= 0.3 is 11.7 Å². The molecule has 0 saturated carbocycles. The van der Waals surface area contributed by atoms with Gasteiger partial charge in [0.1, 0.15) is 5.82 Å². The third-order valence-electron chi connectivity index (χ3n) is 3.50. The van der Waals surface area contributed by atoms with Crippen molar-refractivity contribution in [1.29, 1.82) is 0 Å². The van der Waals surface area contributed by atoms with Crippen LogP contribution in [0, 0.1) is 0 Å². The third-order valence-corrected chi connectivity index (χ3v) is 4.41. The molecule has 0 aliphatic heterocycles. The van der Waals surface area contributed by atoms with Gasteiger partial charge in [-0.25, -0.2) is 4.79 Å². The summed E-state index contributed by atoms with van der Waals surface area (Å²) in [4.78, 5) is 39.4. The smallest absolute Gasteiger partial charge is 0.325 e. The molecule has 0 atom stereocenters. The highest BCUT2D eigenvalue weighted by molar-refractivity contribution is 7.99. The summed E-state index contributed by atoms with van der Waals surface area (Å²) >= 11 is 1.20. The Morgan fingerprint density at radius 3 is 2.67 bits per heavy atom. The Bertz CT molecular complexity index is 1010. The lowest BCUT2D eigenvalue weighted by atomic mass is 10.2. The van der Waals surface area contributed by atoms with Gasteiger partial charge in [-0.3, -0.25) is 19.1 Å². The Hall–Kier alpha value is -3.14. The molecule has 10 heteroatoms. The lowest BCUT2D eigenvalue weighted by Gasteiger charge is -2.10. The summed E-state index contributed by atoms with van der Waals surface area (Å²) in [6.07, 6.45) is 0.195. The van der Waals surface area contributed by atoms with Crippen molar-refractivity contribution in [3.8, 4) is 5.69 Å². The van der Waals surface area contributed by atoms with Gasteiger partial charge in [-0.2, -0.15) is 0 Å². The Labute approximate surface area is 157 Å². The Morgan fingerprint density at radius 2 is 1.96 bits per heavy atom. The summed E-state index contributed by atoms with van der Waals surface area (Å²) in [5.74, 6) is 0.278. The second-order valence-corrected chi connectivity index (χ2v) is 6.40. The van der Waals surface area contributed by atoms with Crippen LogP contribution in [0.5, 0.6) is 0 Å². The van der Waals surface area contributed by atoms with E-state index in [4.69, 9.17) is 4.74 Å². The number of nitrogens with one attached hydrogen (secondary N) is 2. The van der Waals surface area contributed by atoms with Crippen LogP contribution < -0.4 is 11.2 Å². The first-order chi connectivity index (χ1) is 13.1. The Morgan fingerprint density at radius 1 is 1.19 bits per heavy atom. The minimum absolute atomic E-state index is 0.0979. The predicted molar refractivity (Wildman–Crippen MR) is 99.2 cm³/mol. The molecule has 0 amide bonds. The van der Waals surface area contributed by atoms with Gasteiger partial charge in [0, 0.05) is 23.9 Å². The van der Waals surface area contributed by atoms with Crippen molar-refractivity contribution >= 4 is 17.7 Å². The first-order valence-electron chi connectivity index (χ1n) is 8.17.